The van der Waals surface area contributed by atoms with Crippen LogP contribution in [0.5, 0.6) is 5.75 Å². The maximum atomic E-state index is 12.4. The molecular weight excluding hydrogens is 374 g/mol. The maximum Gasteiger partial charge on any atom is 0.329 e. The second-order valence-electron chi connectivity index (χ2n) is 6.57. The topological polar surface area (TPSA) is 106 Å². The predicted octanol–water partition coefficient (Wildman–Crippen LogP) is 3.02. The van der Waals surface area contributed by atoms with Gasteiger partial charge in [0.25, 0.3) is 5.91 Å². The Balaban J connectivity index is 1.86. The number of para-hydroxylation sites is 1. The molecule has 0 fully saturated rings. The maximum absolute atomic E-state index is 12.4. The first-order valence-corrected chi connectivity index (χ1v) is 9.12. The van der Waals surface area contributed by atoms with Crippen LogP contribution in [0.15, 0.2) is 54.6 Å². The average molecular weight is 399 g/mol. The summed E-state index contributed by atoms with van der Waals surface area (Å²) in [6, 6.07) is 14.2. The number of ether oxygens (including phenoxy) is 2. The van der Waals surface area contributed by atoms with Crippen LogP contribution >= 0.6 is 0 Å². The molecule has 0 heterocycles. The lowest BCUT2D eigenvalue weighted by Gasteiger charge is -2.21. The number of carbonyl (C=O) groups excluding carboxylic acids is 3. The van der Waals surface area contributed by atoms with Gasteiger partial charge in [-0.3, -0.25) is 4.79 Å². The van der Waals surface area contributed by atoms with E-state index in [0.717, 1.165) is 0 Å². The molecule has 3 N–H and O–H groups in total. The number of benzene rings is 2. The van der Waals surface area contributed by atoms with E-state index >= 15 is 0 Å². The number of nitrogens with one attached hydrogen (secondary N) is 3. The Bertz CT molecular complexity index is 839. The van der Waals surface area contributed by atoms with Gasteiger partial charge in [0.1, 0.15) is 11.8 Å². The molecule has 0 unspecified atom stereocenters. The molecule has 2 rings (SSSR count). The van der Waals surface area contributed by atoms with Crippen molar-refractivity contribution < 1.29 is 23.9 Å². The van der Waals surface area contributed by atoms with E-state index in [9.17, 15) is 14.4 Å². The Morgan fingerprint density at radius 3 is 2.28 bits per heavy atom. The Hall–Kier alpha value is -3.55. The summed E-state index contributed by atoms with van der Waals surface area (Å²) in [7, 11) is 1.52. The van der Waals surface area contributed by atoms with Gasteiger partial charge in [0.05, 0.1) is 7.11 Å². The molecule has 154 valence electrons. The van der Waals surface area contributed by atoms with E-state index in [2.05, 4.69) is 16.0 Å². The van der Waals surface area contributed by atoms with E-state index in [1.165, 1.54) is 7.11 Å². The van der Waals surface area contributed by atoms with Crippen LogP contribution in [-0.4, -0.2) is 37.7 Å². The number of methoxy groups -OCH3 is 1. The van der Waals surface area contributed by atoms with Crippen LogP contribution in [0.4, 0.5) is 16.2 Å². The molecule has 0 aliphatic rings. The summed E-state index contributed by atoms with van der Waals surface area (Å²) in [6.07, 6.45) is 0. The SMILES string of the molecule is COc1cccc(NC(=O)COC(=O)[C@H](NC(=O)Nc2ccccc2)C(C)C)c1. The number of rotatable bonds is 8. The molecule has 0 bridgehead atoms. The zero-order valence-electron chi connectivity index (χ0n) is 16.6. The number of carbonyl (C=O) groups is 3. The molecule has 2 aromatic carbocycles. The minimum Gasteiger partial charge on any atom is -0.497 e. The fourth-order valence-electron chi connectivity index (χ4n) is 2.45. The van der Waals surface area contributed by atoms with Gasteiger partial charge in [-0.05, 0) is 30.2 Å². The van der Waals surface area contributed by atoms with E-state index in [4.69, 9.17) is 9.47 Å². The number of anilines is 2. The van der Waals surface area contributed by atoms with Crippen molar-refractivity contribution in [2.24, 2.45) is 5.92 Å². The van der Waals surface area contributed by atoms with E-state index < -0.39 is 30.6 Å². The van der Waals surface area contributed by atoms with E-state index in [0.29, 0.717) is 17.1 Å². The Morgan fingerprint density at radius 2 is 1.62 bits per heavy atom. The molecule has 0 spiro atoms. The van der Waals surface area contributed by atoms with Crippen LogP contribution in [0, 0.1) is 5.92 Å². The fraction of sp³-hybridized carbons (Fsp3) is 0.286. The quantitative estimate of drug-likeness (QED) is 0.592. The zero-order valence-corrected chi connectivity index (χ0v) is 16.6. The average Bonchev–Trinajstić information content (AvgIpc) is 2.71. The van der Waals surface area contributed by atoms with E-state index in [1.54, 1.807) is 62.4 Å². The van der Waals surface area contributed by atoms with Gasteiger partial charge in [0.15, 0.2) is 6.61 Å². The number of hydrogen-bond acceptors (Lipinski definition) is 5. The summed E-state index contributed by atoms with van der Waals surface area (Å²) < 4.78 is 10.2. The zero-order chi connectivity index (χ0) is 21.2. The van der Waals surface area contributed by atoms with Crippen LogP contribution in [-0.2, 0) is 14.3 Å². The van der Waals surface area contributed by atoms with Gasteiger partial charge >= 0.3 is 12.0 Å². The second-order valence-corrected chi connectivity index (χ2v) is 6.57. The fourth-order valence-corrected chi connectivity index (χ4v) is 2.45. The third kappa shape index (κ3) is 7.17. The Labute approximate surface area is 169 Å². The van der Waals surface area contributed by atoms with Crippen molar-refractivity contribution in [3.8, 4) is 5.75 Å². The molecule has 2 aromatic rings. The lowest BCUT2D eigenvalue weighted by molar-refractivity contribution is -0.150. The third-order valence-corrected chi connectivity index (χ3v) is 3.94. The minimum absolute atomic E-state index is 0.231. The van der Waals surface area contributed by atoms with Crippen molar-refractivity contribution >= 4 is 29.3 Å². The summed E-state index contributed by atoms with van der Waals surface area (Å²) in [4.78, 5) is 36.6. The van der Waals surface area contributed by atoms with Crippen LogP contribution in [0.3, 0.4) is 0 Å². The summed E-state index contributed by atoms with van der Waals surface area (Å²) in [5.74, 6) is -0.828. The van der Waals surface area contributed by atoms with Gasteiger partial charge in [-0.25, -0.2) is 9.59 Å². The van der Waals surface area contributed by atoms with Gasteiger partial charge in [-0.1, -0.05) is 38.1 Å². The minimum atomic E-state index is -0.900. The highest BCUT2D eigenvalue weighted by molar-refractivity contribution is 5.95. The van der Waals surface area contributed by atoms with Crippen LogP contribution in [0.2, 0.25) is 0 Å². The molecule has 1 atom stereocenters. The molecule has 8 heteroatoms. The highest BCUT2D eigenvalue weighted by Crippen LogP contribution is 2.16. The standard InChI is InChI=1S/C21H25N3O5/c1-14(2)19(24-21(27)23-15-8-5-4-6-9-15)20(26)29-13-18(25)22-16-10-7-11-17(12-16)28-3/h4-12,14,19H,13H2,1-3H3,(H,22,25)(H2,23,24,27)/t19-/m1/s1. The van der Waals surface area contributed by atoms with Crippen LogP contribution < -0.4 is 20.7 Å². The molecular formula is C21H25N3O5. The molecule has 0 saturated carbocycles. The molecule has 8 nitrogen and oxygen atoms in total. The second kappa shape index (κ2) is 10.7. The molecule has 3 amide bonds. The van der Waals surface area contributed by atoms with Crippen LogP contribution in [0.1, 0.15) is 13.8 Å². The predicted molar refractivity (Wildman–Crippen MR) is 110 cm³/mol. The Morgan fingerprint density at radius 1 is 0.931 bits per heavy atom. The van der Waals surface area contributed by atoms with Gasteiger partial charge in [0, 0.05) is 17.4 Å². The smallest absolute Gasteiger partial charge is 0.329 e. The monoisotopic (exact) mass is 399 g/mol. The van der Waals surface area contributed by atoms with Gasteiger partial charge in [0.2, 0.25) is 0 Å². The summed E-state index contributed by atoms with van der Waals surface area (Å²) in [5.41, 5.74) is 1.12. The molecule has 0 aliphatic heterocycles. The lowest BCUT2D eigenvalue weighted by atomic mass is 10.1. The van der Waals surface area contributed by atoms with E-state index in [-0.39, 0.29) is 5.92 Å². The first-order chi connectivity index (χ1) is 13.9. The summed E-state index contributed by atoms with van der Waals surface area (Å²) in [5, 5.41) is 7.84. The van der Waals surface area contributed by atoms with Crippen LogP contribution in [0.25, 0.3) is 0 Å². The van der Waals surface area contributed by atoms with Crippen molar-refractivity contribution in [3.63, 3.8) is 0 Å². The van der Waals surface area contributed by atoms with Crippen molar-refractivity contribution in [2.75, 3.05) is 24.4 Å². The number of hydrogen-bond donors (Lipinski definition) is 3. The van der Waals surface area contributed by atoms with Crippen molar-refractivity contribution in [1.82, 2.24) is 5.32 Å². The Kier molecular flexibility index (Phi) is 8.02. The molecule has 0 saturated heterocycles. The summed E-state index contributed by atoms with van der Waals surface area (Å²) >= 11 is 0. The molecule has 0 radical (unpaired) electrons. The third-order valence-electron chi connectivity index (χ3n) is 3.94. The molecule has 0 aromatic heterocycles. The molecule has 29 heavy (non-hydrogen) atoms. The van der Waals surface area contributed by atoms with Gasteiger partial charge in [-0.2, -0.15) is 0 Å². The number of esters is 1. The summed E-state index contributed by atoms with van der Waals surface area (Å²) in [6.45, 7) is 3.07. The van der Waals surface area contributed by atoms with Gasteiger partial charge in [-0.15, -0.1) is 0 Å². The molecule has 0 aliphatic carbocycles. The van der Waals surface area contributed by atoms with Crippen molar-refractivity contribution in [2.45, 2.75) is 19.9 Å². The van der Waals surface area contributed by atoms with E-state index in [1.807, 2.05) is 6.07 Å². The highest BCUT2D eigenvalue weighted by atomic mass is 16.5. The number of amides is 3. The van der Waals surface area contributed by atoms with Crippen molar-refractivity contribution in [3.05, 3.63) is 54.6 Å². The number of urea groups is 1. The highest BCUT2D eigenvalue weighted by Gasteiger charge is 2.26. The lowest BCUT2D eigenvalue weighted by Crippen LogP contribution is -2.47. The van der Waals surface area contributed by atoms with Gasteiger partial charge < -0.3 is 25.4 Å². The first-order valence-electron chi connectivity index (χ1n) is 9.12. The largest absolute Gasteiger partial charge is 0.497 e. The first kappa shape index (κ1) is 21.7. The van der Waals surface area contributed by atoms with Crippen molar-refractivity contribution in [1.29, 1.82) is 0 Å². The normalized spacial score (nSPS) is 11.3.